The van der Waals surface area contributed by atoms with Crippen LogP contribution in [0.2, 0.25) is 0 Å². The first-order valence-corrected chi connectivity index (χ1v) is 9.19. The van der Waals surface area contributed by atoms with Gasteiger partial charge in [-0.1, -0.05) is 68.3 Å². The number of rotatable bonds is 7. The summed E-state index contributed by atoms with van der Waals surface area (Å²) in [4.78, 5) is 17.8. The smallest absolute Gasteiger partial charge is 0.280 e. The standard InChI is InChI=1S/C22H25N3O/c1-3-4-11-16-23-17(2)20-21(18-12-7-5-8-13-18)24-25(22(20)26)19-14-9-6-10-15-19/h5-10,12-15,24H,3-4,11,16H2,1-2H3. The molecule has 1 heterocycles. The minimum Gasteiger partial charge on any atom is -0.290 e. The Morgan fingerprint density at radius 3 is 2.31 bits per heavy atom. The number of para-hydroxylation sites is 1. The second kappa shape index (κ2) is 8.48. The first-order valence-electron chi connectivity index (χ1n) is 9.19. The molecule has 3 aromatic rings. The second-order valence-corrected chi connectivity index (χ2v) is 6.38. The van der Waals surface area contributed by atoms with E-state index in [2.05, 4.69) is 17.0 Å². The molecule has 0 saturated heterocycles. The van der Waals surface area contributed by atoms with E-state index in [0.29, 0.717) is 5.56 Å². The van der Waals surface area contributed by atoms with Crippen LogP contribution in [0.4, 0.5) is 0 Å². The van der Waals surface area contributed by atoms with Crippen molar-refractivity contribution >= 4 is 5.71 Å². The molecule has 26 heavy (non-hydrogen) atoms. The summed E-state index contributed by atoms with van der Waals surface area (Å²) >= 11 is 0. The molecule has 1 N–H and O–H groups in total. The third kappa shape index (κ3) is 3.85. The number of nitrogens with one attached hydrogen (secondary N) is 1. The predicted molar refractivity (Wildman–Crippen MR) is 108 cm³/mol. The van der Waals surface area contributed by atoms with Crippen molar-refractivity contribution in [2.75, 3.05) is 6.54 Å². The van der Waals surface area contributed by atoms with Crippen molar-refractivity contribution in [3.63, 3.8) is 0 Å². The molecule has 134 valence electrons. The second-order valence-electron chi connectivity index (χ2n) is 6.38. The molecule has 0 unspecified atom stereocenters. The van der Waals surface area contributed by atoms with E-state index < -0.39 is 0 Å². The van der Waals surface area contributed by atoms with Crippen molar-refractivity contribution in [2.24, 2.45) is 4.99 Å². The maximum Gasteiger partial charge on any atom is 0.280 e. The lowest BCUT2D eigenvalue weighted by atomic mass is 10.1. The molecule has 0 saturated carbocycles. The van der Waals surface area contributed by atoms with Crippen LogP contribution in [0.1, 0.15) is 38.7 Å². The van der Waals surface area contributed by atoms with E-state index in [0.717, 1.165) is 48.5 Å². The van der Waals surface area contributed by atoms with Crippen molar-refractivity contribution in [3.8, 4) is 16.9 Å². The van der Waals surface area contributed by atoms with Crippen LogP contribution in [-0.4, -0.2) is 22.0 Å². The number of H-pyrrole nitrogens is 1. The summed E-state index contributed by atoms with van der Waals surface area (Å²) in [7, 11) is 0. The zero-order chi connectivity index (χ0) is 18.4. The lowest BCUT2D eigenvalue weighted by molar-refractivity contribution is 0.728. The Morgan fingerprint density at radius 2 is 1.65 bits per heavy atom. The first kappa shape index (κ1) is 17.9. The molecule has 0 bridgehead atoms. The number of unbranched alkanes of at least 4 members (excludes halogenated alkanes) is 2. The molecule has 2 aromatic carbocycles. The van der Waals surface area contributed by atoms with Gasteiger partial charge in [0.05, 0.1) is 16.9 Å². The Morgan fingerprint density at radius 1 is 1.00 bits per heavy atom. The number of aromatic amines is 1. The van der Waals surface area contributed by atoms with Gasteiger partial charge in [0.2, 0.25) is 0 Å². The van der Waals surface area contributed by atoms with E-state index >= 15 is 0 Å². The summed E-state index contributed by atoms with van der Waals surface area (Å²) in [5, 5.41) is 3.29. The van der Waals surface area contributed by atoms with Gasteiger partial charge in [-0.25, -0.2) is 4.68 Å². The fourth-order valence-corrected chi connectivity index (χ4v) is 3.03. The molecule has 0 aliphatic carbocycles. The fourth-order valence-electron chi connectivity index (χ4n) is 3.03. The minimum absolute atomic E-state index is 0.0632. The molecule has 4 nitrogen and oxygen atoms in total. The molecule has 0 aliphatic rings. The van der Waals surface area contributed by atoms with Crippen LogP contribution in [0, 0.1) is 0 Å². The average molecular weight is 347 g/mol. The van der Waals surface area contributed by atoms with Crippen molar-refractivity contribution < 1.29 is 0 Å². The van der Waals surface area contributed by atoms with Crippen LogP contribution in [-0.2, 0) is 0 Å². The summed E-state index contributed by atoms with van der Waals surface area (Å²) in [5.41, 5.74) is 3.99. The van der Waals surface area contributed by atoms with Gasteiger partial charge in [0.1, 0.15) is 0 Å². The van der Waals surface area contributed by atoms with E-state index in [9.17, 15) is 4.79 Å². The van der Waals surface area contributed by atoms with E-state index in [1.807, 2.05) is 67.6 Å². The minimum atomic E-state index is -0.0632. The first-order chi connectivity index (χ1) is 12.7. The number of hydrogen-bond donors (Lipinski definition) is 1. The molecule has 1 aromatic heterocycles. The normalized spacial score (nSPS) is 11.7. The number of nitrogens with zero attached hydrogens (tertiary/aromatic N) is 2. The SMILES string of the molecule is CCCCCN=C(C)c1c(-c2ccccc2)[nH]n(-c2ccccc2)c1=O. The Kier molecular flexibility index (Phi) is 5.84. The van der Waals surface area contributed by atoms with Crippen LogP contribution in [0.3, 0.4) is 0 Å². The molecule has 3 rings (SSSR count). The molecule has 0 spiro atoms. The molecule has 0 amide bonds. The summed E-state index contributed by atoms with van der Waals surface area (Å²) in [6, 6.07) is 19.6. The number of hydrogen-bond acceptors (Lipinski definition) is 2. The number of aromatic nitrogens is 2. The largest absolute Gasteiger partial charge is 0.290 e. The van der Waals surface area contributed by atoms with Crippen LogP contribution < -0.4 is 5.56 Å². The molecular formula is C22H25N3O. The Bertz CT molecular complexity index is 921. The van der Waals surface area contributed by atoms with Gasteiger partial charge in [-0.2, -0.15) is 0 Å². The van der Waals surface area contributed by atoms with Gasteiger partial charge in [0.25, 0.3) is 5.56 Å². The highest BCUT2D eigenvalue weighted by atomic mass is 16.1. The van der Waals surface area contributed by atoms with Crippen molar-refractivity contribution in [1.82, 2.24) is 9.78 Å². The van der Waals surface area contributed by atoms with Crippen molar-refractivity contribution in [2.45, 2.75) is 33.1 Å². The van der Waals surface area contributed by atoms with Crippen LogP contribution in [0.25, 0.3) is 16.9 Å². The van der Waals surface area contributed by atoms with Gasteiger partial charge in [0.15, 0.2) is 0 Å². The highest BCUT2D eigenvalue weighted by Gasteiger charge is 2.18. The Labute approximate surface area is 154 Å². The number of benzene rings is 2. The summed E-state index contributed by atoms with van der Waals surface area (Å²) in [6.45, 7) is 4.86. The summed E-state index contributed by atoms with van der Waals surface area (Å²) in [5.74, 6) is 0. The Hall–Kier alpha value is -2.88. The summed E-state index contributed by atoms with van der Waals surface area (Å²) < 4.78 is 1.60. The van der Waals surface area contributed by atoms with E-state index in [1.165, 1.54) is 0 Å². The maximum atomic E-state index is 13.1. The van der Waals surface area contributed by atoms with Crippen LogP contribution in [0.15, 0.2) is 70.5 Å². The average Bonchev–Trinajstić information content (AvgIpc) is 3.04. The van der Waals surface area contributed by atoms with Crippen molar-refractivity contribution in [1.29, 1.82) is 0 Å². The van der Waals surface area contributed by atoms with E-state index in [-0.39, 0.29) is 5.56 Å². The highest BCUT2D eigenvalue weighted by molar-refractivity contribution is 6.03. The molecule has 4 heteroatoms. The maximum absolute atomic E-state index is 13.1. The van der Waals surface area contributed by atoms with Gasteiger partial charge < -0.3 is 0 Å². The number of aliphatic imine (C=N–C) groups is 1. The van der Waals surface area contributed by atoms with Gasteiger partial charge in [-0.15, -0.1) is 0 Å². The topological polar surface area (TPSA) is 50.1 Å². The van der Waals surface area contributed by atoms with E-state index in [1.54, 1.807) is 4.68 Å². The van der Waals surface area contributed by atoms with Crippen LogP contribution >= 0.6 is 0 Å². The van der Waals surface area contributed by atoms with Gasteiger partial charge in [-0.05, 0) is 25.5 Å². The third-order valence-electron chi connectivity index (χ3n) is 4.44. The monoisotopic (exact) mass is 347 g/mol. The zero-order valence-corrected chi connectivity index (χ0v) is 15.4. The van der Waals surface area contributed by atoms with E-state index in [4.69, 9.17) is 0 Å². The molecule has 0 radical (unpaired) electrons. The molecule has 0 atom stereocenters. The van der Waals surface area contributed by atoms with Gasteiger partial charge >= 0.3 is 0 Å². The van der Waals surface area contributed by atoms with Gasteiger partial charge in [0, 0.05) is 17.8 Å². The lowest BCUT2D eigenvalue weighted by Gasteiger charge is -2.03. The van der Waals surface area contributed by atoms with Gasteiger partial charge in [-0.3, -0.25) is 14.9 Å². The highest BCUT2D eigenvalue weighted by Crippen LogP contribution is 2.21. The zero-order valence-electron chi connectivity index (χ0n) is 15.4. The lowest BCUT2D eigenvalue weighted by Crippen LogP contribution is -2.19. The predicted octanol–water partition coefficient (Wildman–Crippen LogP) is 4.83. The Balaban J connectivity index is 2.09. The molecule has 0 fully saturated rings. The quantitative estimate of drug-likeness (QED) is 0.483. The fraction of sp³-hybridized carbons (Fsp3) is 0.273. The third-order valence-corrected chi connectivity index (χ3v) is 4.44. The van der Waals surface area contributed by atoms with Crippen molar-refractivity contribution in [3.05, 3.63) is 76.6 Å². The summed E-state index contributed by atoms with van der Waals surface area (Å²) in [6.07, 6.45) is 3.37. The molecular weight excluding hydrogens is 322 g/mol. The molecule has 0 aliphatic heterocycles. The van der Waals surface area contributed by atoms with Crippen LogP contribution in [0.5, 0.6) is 0 Å².